The van der Waals surface area contributed by atoms with Gasteiger partial charge >= 0.3 is 0 Å². The first-order chi connectivity index (χ1) is 7.50. The number of ether oxygens (including phenoxy) is 1. The highest BCUT2D eigenvalue weighted by Gasteiger charge is 2.12. The third kappa shape index (κ3) is 3.73. The molecule has 16 heavy (non-hydrogen) atoms. The van der Waals surface area contributed by atoms with Gasteiger partial charge < -0.3 is 4.74 Å². The molecule has 0 spiro atoms. The van der Waals surface area contributed by atoms with E-state index in [1.54, 1.807) is 19.2 Å². The summed E-state index contributed by atoms with van der Waals surface area (Å²) >= 11 is 6.27. The first kappa shape index (κ1) is 14.0. The van der Waals surface area contributed by atoms with E-state index in [0.29, 0.717) is 12.3 Å². The number of anilines is 1. The van der Waals surface area contributed by atoms with Crippen LogP contribution in [0, 0.1) is 0 Å². The summed E-state index contributed by atoms with van der Waals surface area (Å²) in [5, 5.41) is 0. The lowest BCUT2D eigenvalue weighted by Crippen LogP contribution is -2.14. The van der Waals surface area contributed by atoms with Crippen LogP contribution in [0.25, 0.3) is 0 Å². The molecule has 7 heteroatoms. The molecule has 0 amide bonds. The number of methoxy groups -OCH3 is 1. The molecule has 4 nitrogen and oxygen atoms in total. The van der Waals surface area contributed by atoms with Crippen molar-refractivity contribution in [3.05, 3.63) is 28.2 Å². The molecular formula is C9H11Br2NO3S. The van der Waals surface area contributed by atoms with Crippen LogP contribution in [0.5, 0.6) is 0 Å². The van der Waals surface area contributed by atoms with E-state index in [1.807, 2.05) is 6.07 Å². The third-order valence-electron chi connectivity index (χ3n) is 1.82. The van der Waals surface area contributed by atoms with Gasteiger partial charge in [-0.15, -0.1) is 0 Å². The Kier molecular flexibility index (Phi) is 5.23. The summed E-state index contributed by atoms with van der Waals surface area (Å²) in [7, 11) is -1.78. The fourth-order valence-electron chi connectivity index (χ4n) is 1.14. The van der Waals surface area contributed by atoms with Gasteiger partial charge in [-0.1, -0.05) is 37.9 Å². The van der Waals surface area contributed by atoms with E-state index in [2.05, 4.69) is 36.6 Å². The molecular weight excluding hydrogens is 362 g/mol. The number of rotatable bonds is 5. The summed E-state index contributed by atoms with van der Waals surface area (Å²) < 4.78 is 31.0. The highest BCUT2D eigenvalue weighted by molar-refractivity contribution is 9.11. The average molecular weight is 373 g/mol. The van der Waals surface area contributed by atoms with Gasteiger partial charge in [-0.25, -0.2) is 8.42 Å². The molecule has 0 aliphatic rings. The van der Waals surface area contributed by atoms with Crippen molar-refractivity contribution in [1.29, 1.82) is 0 Å². The van der Waals surface area contributed by atoms with Crippen LogP contribution in [0.3, 0.4) is 0 Å². The van der Waals surface area contributed by atoms with Gasteiger partial charge in [-0.3, -0.25) is 4.72 Å². The lowest BCUT2D eigenvalue weighted by atomic mass is 10.2. The molecule has 0 aromatic heterocycles. The number of hydrogen-bond donors (Lipinski definition) is 1. The second kappa shape index (κ2) is 6.00. The average Bonchev–Trinajstić information content (AvgIpc) is 2.23. The molecule has 0 atom stereocenters. The maximum atomic E-state index is 11.4. The number of hydrogen-bond acceptors (Lipinski definition) is 3. The van der Waals surface area contributed by atoms with Crippen LogP contribution in [0.15, 0.2) is 22.7 Å². The van der Waals surface area contributed by atoms with Crippen LogP contribution in [0.1, 0.15) is 5.56 Å². The monoisotopic (exact) mass is 371 g/mol. The summed E-state index contributed by atoms with van der Waals surface area (Å²) in [5.41, 5.74) is 1.30. The van der Waals surface area contributed by atoms with Crippen molar-refractivity contribution >= 4 is 47.6 Å². The minimum absolute atomic E-state index is 0.140. The van der Waals surface area contributed by atoms with E-state index in [4.69, 9.17) is 4.74 Å². The van der Waals surface area contributed by atoms with Crippen molar-refractivity contribution in [1.82, 2.24) is 0 Å². The molecule has 0 fully saturated rings. The van der Waals surface area contributed by atoms with E-state index < -0.39 is 10.0 Å². The maximum Gasteiger partial charge on any atom is 0.242 e. The summed E-state index contributed by atoms with van der Waals surface area (Å²) in [6.07, 6.45) is 0. The van der Waals surface area contributed by atoms with Crippen molar-refractivity contribution in [2.24, 2.45) is 0 Å². The van der Waals surface area contributed by atoms with Crippen molar-refractivity contribution in [3.8, 4) is 0 Å². The Morgan fingerprint density at radius 1 is 1.44 bits per heavy atom. The predicted octanol–water partition coefficient (Wildman–Crippen LogP) is 2.69. The zero-order valence-corrected chi connectivity index (χ0v) is 12.5. The molecule has 0 heterocycles. The van der Waals surface area contributed by atoms with Crippen LogP contribution < -0.4 is 4.72 Å². The van der Waals surface area contributed by atoms with Crippen LogP contribution in [0.2, 0.25) is 0 Å². The number of sulfonamides is 1. The van der Waals surface area contributed by atoms with E-state index in [0.717, 1.165) is 10.0 Å². The molecule has 0 radical (unpaired) electrons. The topological polar surface area (TPSA) is 55.4 Å². The smallest absolute Gasteiger partial charge is 0.242 e. The maximum absolute atomic E-state index is 11.4. The Hall–Kier alpha value is -0.110. The Morgan fingerprint density at radius 3 is 2.69 bits per heavy atom. The standard InChI is InChI=1S/C9H11Br2NO3S/c1-15-5-7-8(11)3-2-4-9(7)12-16(13,14)6-10/h2-4,12H,5-6H2,1H3. The van der Waals surface area contributed by atoms with Crippen molar-refractivity contribution < 1.29 is 13.2 Å². The number of halogens is 2. The fourth-order valence-corrected chi connectivity index (χ4v) is 2.55. The largest absolute Gasteiger partial charge is 0.380 e. The Labute approximate surface area is 112 Å². The highest BCUT2D eigenvalue weighted by atomic mass is 79.9. The number of alkyl halides is 1. The van der Waals surface area contributed by atoms with Crippen molar-refractivity contribution in [2.45, 2.75) is 6.61 Å². The van der Waals surface area contributed by atoms with Crippen LogP contribution in [0.4, 0.5) is 5.69 Å². The zero-order chi connectivity index (χ0) is 12.2. The van der Waals surface area contributed by atoms with E-state index >= 15 is 0 Å². The Morgan fingerprint density at radius 2 is 2.12 bits per heavy atom. The minimum atomic E-state index is -3.34. The molecule has 1 aromatic rings. The van der Waals surface area contributed by atoms with Crippen LogP contribution in [-0.2, 0) is 21.4 Å². The zero-order valence-electron chi connectivity index (χ0n) is 8.54. The van der Waals surface area contributed by atoms with E-state index in [-0.39, 0.29) is 4.66 Å². The molecule has 1 rings (SSSR count). The number of benzene rings is 1. The highest BCUT2D eigenvalue weighted by Crippen LogP contribution is 2.26. The first-order valence-electron chi connectivity index (χ1n) is 4.33. The fraction of sp³-hybridized carbons (Fsp3) is 0.333. The molecule has 0 aliphatic heterocycles. The molecule has 0 bridgehead atoms. The lowest BCUT2D eigenvalue weighted by Gasteiger charge is -2.12. The van der Waals surface area contributed by atoms with Gasteiger partial charge in [-0.05, 0) is 12.1 Å². The SMILES string of the molecule is COCc1c(Br)cccc1NS(=O)(=O)CBr. The molecule has 1 aromatic carbocycles. The van der Waals surface area contributed by atoms with E-state index in [9.17, 15) is 8.42 Å². The van der Waals surface area contributed by atoms with Gasteiger partial charge in [0.1, 0.15) is 4.66 Å². The third-order valence-corrected chi connectivity index (χ3v) is 5.19. The number of nitrogens with one attached hydrogen (secondary N) is 1. The van der Waals surface area contributed by atoms with Gasteiger partial charge in [0.2, 0.25) is 10.0 Å². The van der Waals surface area contributed by atoms with Gasteiger partial charge in [-0.2, -0.15) is 0 Å². The van der Waals surface area contributed by atoms with Gasteiger partial charge in [0.05, 0.1) is 12.3 Å². The summed E-state index contributed by atoms with van der Waals surface area (Å²) in [6.45, 7) is 0.335. The lowest BCUT2D eigenvalue weighted by molar-refractivity contribution is 0.185. The van der Waals surface area contributed by atoms with Gasteiger partial charge in [0.25, 0.3) is 0 Å². The van der Waals surface area contributed by atoms with Gasteiger partial charge in [0.15, 0.2) is 0 Å². The summed E-state index contributed by atoms with van der Waals surface area (Å²) in [5.74, 6) is 0. The minimum Gasteiger partial charge on any atom is -0.380 e. The molecule has 1 N–H and O–H groups in total. The Balaban J connectivity index is 3.08. The van der Waals surface area contributed by atoms with Crippen LogP contribution >= 0.6 is 31.9 Å². The molecule has 0 aliphatic carbocycles. The van der Waals surface area contributed by atoms with E-state index in [1.165, 1.54) is 0 Å². The summed E-state index contributed by atoms with van der Waals surface area (Å²) in [4.78, 5) is 0. The van der Waals surface area contributed by atoms with Crippen LogP contribution in [-0.4, -0.2) is 20.2 Å². The van der Waals surface area contributed by atoms with Crippen molar-refractivity contribution in [2.75, 3.05) is 16.5 Å². The normalized spacial score (nSPS) is 11.4. The Bertz CT molecular complexity index is 462. The summed E-state index contributed by atoms with van der Waals surface area (Å²) in [6, 6.07) is 5.29. The molecule has 0 saturated heterocycles. The second-order valence-corrected chi connectivity index (χ2v) is 6.90. The molecule has 90 valence electrons. The quantitative estimate of drug-likeness (QED) is 0.808. The molecule has 0 unspecified atom stereocenters. The van der Waals surface area contributed by atoms with Crippen molar-refractivity contribution in [3.63, 3.8) is 0 Å². The second-order valence-electron chi connectivity index (χ2n) is 3.02. The molecule has 0 saturated carbocycles. The first-order valence-corrected chi connectivity index (χ1v) is 7.89. The predicted molar refractivity (Wildman–Crippen MR) is 71.2 cm³/mol. The van der Waals surface area contributed by atoms with Gasteiger partial charge in [0, 0.05) is 17.1 Å².